The number of hydrogen-bond donors (Lipinski definition) is 0. The molecule has 0 N–H and O–H groups in total. The molecule has 0 heterocycles. The van der Waals surface area contributed by atoms with E-state index in [0.717, 1.165) is 5.92 Å². The largest absolute Gasteiger partial charge is 0.0842 e. The Bertz CT molecular complexity index is 202. The van der Waals surface area contributed by atoms with Crippen LogP contribution in [0.3, 0.4) is 0 Å². The summed E-state index contributed by atoms with van der Waals surface area (Å²) in [5.41, 5.74) is 4.70. The highest BCUT2D eigenvalue weighted by Gasteiger charge is 2.21. The Balaban J connectivity index is 2.99. The van der Waals surface area contributed by atoms with Crippen molar-refractivity contribution in [2.75, 3.05) is 0 Å². The molecule has 0 aromatic carbocycles. The predicted molar refractivity (Wildman–Crippen MR) is 50.5 cm³/mol. The van der Waals surface area contributed by atoms with Gasteiger partial charge in [0.05, 0.1) is 0 Å². The SMILES string of the molecule is C/C=C1\CCC(C)C1=C(C)C. The summed E-state index contributed by atoms with van der Waals surface area (Å²) in [6.07, 6.45) is 4.91. The molecule has 1 atom stereocenters. The van der Waals surface area contributed by atoms with Gasteiger partial charge >= 0.3 is 0 Å². The lowest BCUT2D eigenvalue weighted by atomic mass is 9.98. The first-order valence-corrected chi connectivity index (χ1v) is 4.49. The predicted octanol–water partition coefficient (Wildman–Crippen LogP) is 3.70. The first-order chi connectivity index (χ1) is 5.16. The maximum absolute atomic E-state index is 2.33. The van der Waals surface area contributed by atoms with Gasteiger partial charge in [-0.15, -0.1) is 0 Å². The molecule has 0 saturated heterocycles. The molecule has 0 spiro atoms. The molecule has 0 heteroatoms. The van der Waals surface area contributed by atoms with Gasteiger partial charge in [0.25, 0.3) is 0 Å². The van der Waals surface area contributed by atoms with Crippen LogP contribution in [-0.4, -0.2) is 0 Å². The Morgan fingerprint density at radius 1 is 1.45 bits per heavy atom. The van der Waals surface area contributed by atoms with Crippen LogP contribution in [-0.2, 0) is 0 Å². The van der Waals surface area contributed by atoms with Gasteiger partial charge < -0.3 is 0 Å². The van der Waals surface area contributed by atoms with Gasteiger partial charge in [-0.25, -0.2) is 0 Å². The van der Waals surface area contributed by atoms with Crippen LogP contribution in [0.4, 0.5) is 0 Å². The summed E-state index contributed by atoms with van der Waals surface area (Å²) < 4.78 is 0. The third-order valence-corrected chi connectivity index (χ3v) is 2.57. The normalized spacial score (nSPS) is 28.2. The van der Waals surface area contributed by atoms with E-state index >= 15 is 0 Å². The van der Waals surface area contributed by atoms with E-state index in [4.69, 9.17) is 0 Å². The molecule has 11 heavy (non-hydrogen) atoms. The third kappa shape index (κ3) is 1.55. The van der Waals surface area contributed by atoms with Crippen LogP contribution in [0.25, 0.3) is 0 Å². The molecule has 1 aliphatic rings. The summed E-state index contributed by atoms with van der Waals surface area (Å²) in [5, 5.41) is 0. The van der Waals surface area contributed by atoms with Crippen molar-refractivity contribution in [1.82, 2.24) is 0 Å². The summed E-state index contributed by atoms with van der Waals surface area (Å²) >= 11 is 0. The van der Waals surface area contributed by atoms with Gasteiger partial charge in [-0.2, -0.15) is 0 Å². The fourth-order valence-electron chi connectivity index (χ4n) is 2.08. The highest BCUT2D eigenvalue weighted by atomic mass is 14.3. The molecule has 0 radical (unpaired) electrons. The first-order valence-electron chi connectivity index (χ1n) is 4.49. The Labute approximate surface area is 70.0 Å². The molecule has 0 bridgehead atoms. The van der Waals surface area contributed by atoms with E-state index in [1.54, 1.807) is 11.1 Å². The molecular formula is C11H18. The van der Waals surface area contributed by atoms with E-state index in [9.17, 15) is 0 Å². The Hall–Kier alpha value is -0.520. The lowest BCUT2D eigenvalue weighted by Gasteiger charge is -2.08. The van der Waals surface area contributed by atoms with E-state index in [1.165, 1.54) is 18.4 Å². The minimum atomic E-state index is 0.797. The molecule has 1 unspecified atom stereocenters. The smallest absolute Gasteiger partial charge is 0.0185 e. The van der Waals surface area contributed by atoms with E-state index in [0.29, 0.717) is 0 Å². The molecule has 1 aliphatic carbocycles. The van der Waals surface area contributed by atoms with E-state index in [-0.39, 0.29) is 0 Å². The van der Waals surface area contributed by atoms with Gasteiger partial charge in [0, 0.05) is 0 Å². The van der Waals surface area contributed by atoms with Crippen molar-refractivity contribution < 1.29 is 0 Å². The van der Waals surface area contributed by atoms with Crippen LogP contribution < -0.4 is 0 Å². The summed E-state index contributed by atoms with van der Waals surface area (Å²) in [5.74, 6) is 0.797. The van der Waals surface area contributed by atoms with Crippen LogP contribution in [0.15, 0.2) is 22.8 Å². The summed E-state index contributed by atoms with van der Waals surface area (Å²) in [7, 11) is 0. The van der Waals surface area contributed by atoms with Crippen molar-refractivity contribution in [2.24, 2.45) is 5.92 Å². The second-order valence-electron chi connectivity index (χ2n) is 3.67. The molecular weight excluding hydrogens is 132 g/mol. The summed E-state index contributed by atoms with van der Waals surface area (Å²) in [4.78, 5) is 0. The van der Waals surface area contributed by atoms with E-state index < -0.39 is 0 Å². The molecule has 0 aliphatic heterocycles. The Kier molecular flexibility index (Phi) is 2.53. The van der Waals surface area contributed by atoms with Crippen LogP contribution in [0.2, 0.25) is 0 Å². The quantitative estimate of drug-likeness (QED) is 0.494. The molecule has 0 amide bonds. The van der Waals surface area contributed by atoms with Gasteiger partial charge in [0.1, 0.15) is 0 Å². The van der Waals surface area contributed by atoms with Crippen molar-refractivity contribution in [3.63, 3.8) is 0 Å². The first kappa shape index (κ1) is 8.58. The van der Waals surface area contributed by atoms with Crippen molar-refractivity contribution >= 4 is 0 Å². The molecule has 62 valence electrons. The molecule has 0 aromatic rings. The topological polar surface area (TPSA) is 0 Å². The van der Waals surface area contributed by atoms with Crippen molar-refractivity contribution in [3.05, 3.63) is 22.8 Å². The fraction of sp³-hybridized carbons (Fsp3) is 0.636. The van der Waals surface area contributed by atoms with E-state index in [2.05, 4.69) is 33.8 Å². The number of rotatable bonds is 0. The zero-order valence-electron chi connectivity index (χ0n) is 8.07. The van der Waals surface area contributed by atoms with Crippen LogP contribution >= 0.6 is 0 Å². The molecule has 1 rings (SSSR count). The van der Waals surface area contributed by atoms with Gasteiger partial charge in [0.15, 0.2) is 0 Å². The fourth-order valence-corrected chi connectivity index (χ4v) is 2.08. The van der Waals surface area contributed by atoms with Gasteiger partial charge in [0.2, 0.25) is 0 Å². The highest BCUT2D eigenvalue weighted by Crippen LogP contribution is 2.37. The van der Waals surface area contributed by atoms with E-state index in [1.807, 2.05) is 0 Å². The summed E-state index contributed by atoms with van der Waals surface area (Å²) in [6, 6.07) is 0. The summed E-state index contributed by atoms with van der Waals surface area (Å²) in [6.45, 7) is 8.93. The average Bonchev–Trinajstić information content (AvgIpc) is 2.30. The van der Waals surface area contributed by atoms with Gasteiger partial charge in [-0.05, 0) is 50.7 Å². The molecule has 0 aromatic heterocycles. The molecule has 1 saturated carbocycles. The standard InChI is InChI=1S/C11H18/c1-5-10-7-6-9(4)11(10)8(2)3/h5,9H,6-7H2,1-4H3/b10-5+. The zero-order valence-corrected chi connectivity index (χ0v) is 8.07. The molecule has 0 nitrogen and oxygen atoms in total. The van der Waals surface area contributed by atoms with Crippen molar-refractivity contribution in [3.8, 4) is 0 Å². The lowest BCUT2D eigenvalue weighted by molar-refractivity contribution is 0.692. The second-order valence-corrected chi connectivity index (χ2v) is 3.67. The van der Waals surface area contributed by atoms with Gasteiger partial charge in [-0.3, -0.25) is 0 Å². The minimum absolute atomic E-state index is 0.797. The maximum Gasteiger partial charge on any atom is -0.0185 e. The highest BCUT2D eigenvalue weighted by molar-refractivity contribution is 5.39. The van der Waals surface area contributed by atoms with Crippen molar-refractivity contribution in [2.45, 2.75) is 40.5 Å². The maximum atomic E-state index is 2.33. The lowest BCUT2D eigenvalue weighted by Crippen LogP contribution is -1.92. The van der Waals surface area contributed by atoms with Gasteiger partial charge in [-0.1, -0.05) is 18.6 Å². The zero-order chi connectivity index (χ0) is 8.43. The van der Waals surface area contributed by atoms with Crippen LogP contribution in [0, 0.1) is 5.92 Å². The van der Waals surface area contributed by atoms with Crippen LogP contribution in [0.5, 0.6) is 0 Å². The number of allylic oxidation sites excluding steroid dienone is 4. The Morgan fingerprint density at radius 3 is 2.45 bits per heavy atom. The third-order valence-electron chi connectivity index (χ3n) is 2.57. The monoisotopic (exact) mass is 150 g/mol. The minimum Gasteiger partial charge on any atom is -0.0842 e. The average molecular weight is 150 g/mol. The molecule has 1 fully saturated rings. The number of hydrogen-bond acceptors (Lipinski definition) is 0. The van der Waals surface area contributed by atoms with Crippen molar-refractivity contribution in [1.29, 1.82) is 0 Å². The second kappa shape index (κ2) is 3.25. The Morgan fingerprint density at radius 2 is 2.09 bits per heavy atom. The van der Waals surface area contributed by atoms with Crippen LogP contribution in [0.1, 0.15) is 40.5 Å².